The summed E-state index contributed by atoms with van der Waals surface area (Å²) in [4.78, 5) is 30.0. The second kappa shape index (κ2) is 5.64. The molecule has 1 atom stereocenters. The average Bonchev–Trinajstić information content (AvgIpc) is 2.26. The Kier molecular flexibility index (Phi) is 4.42. The number of hydrogen-bond acceptors (Lipinski definition) is 5. The van der Waals surface area contributed by atoms with Crippen LogP contribution in [0.25, 0.3) is 0 Å². The Balaban J connectivity index is 2.67. The fourth-order valence-corrected chi connectivity index (χ4v) is 1.16. The molecule has 2 N–H and O–H groups in total. The SMILES string of the molecule is CC(C(=O)O)c1cnc(NC(=O)OC(C)(C)C)nc1. The summed E-state index contributed by atoms with van der Waals surface area (Å²) in [6, 6.07) is 0. The maximum Gasteiger partial charge on any atom is 0.414 e. The van der Waals surface area contributed by atoms with Gasteiger partial charge < -0.3 is 9.84 Å². The number of nitrogens with one attached hydrogen (secondary N) is 1. The summed E-state index contributed by atoms with van der Waals surface area (Å²) in [7, 11) is 0. The van der Waals surface area contributed by atoms with Gasteiger partial charge in [0.2, 0.25) is 5.95 Å². The highest BCUT2D eigenvalue weighted by Gasteiger charge is 2.18. The van der Waals surface area contributed by atoms with Crippen LogP contribution in [0.2, 0.25) is 0 Å². The van der Waals surface area contributed by atoms with Crippen molar-refractivity contribution < 1.29 is 19.4 Å². The number of nitrogens with zero attached hydrogens (tertiary/aromatic N) is 2. The van der Waals surface area contributed by atoms with Gasteiger partial charge in [-0.15, -0.1) is 0 Å². The van der Waals surface area contributed by atoms with E-state index in [1.807, 2.05) is 0 Å². The Hall–Kier alpha value is -2.18. The van der Waals surface area contributed by atoms with E-state index >= 15 is 0 Å². The van der Waals surface area contributed by atoms with Crippen molar-refractivity contribution in [2.75, 3.05) is 5.32 Å². The van der Waals surface area contributed by atoms with Gasteiger partial charge in [-0.05, 0) is 27.7 Å². The minimum atomic E-state index is -0.962. The predicted octanol–water partition coefficient (Wildman–Crippen LogP) is 2.01. The number of aliphatic carboxylic acids is 1. The summed E-state index contributed by atoms with van der Waals surface area (Å²) < 4.78 is 5.03. The molecule has 0 aliphatic carbocycles. The molecule has 0 aromatic carbocycles. The molecule has 0 radical (unpaired) electrons. The third kappa shape index (κ3) is 4.90. The molecule has 0 saturated carbocycles. The average molecular weight is 267 g/mol. The summed E-state index contributed by atoms with van der Waals surface area (Å²) in [6.07, 6.45) is 2.06. The molecule has 1 rings (SSSR count). The van der Waals surface area contributed by atoms with Crippen LogP contribution in [-0.4, -0.2) is 32.7 Å². The summed E-state index contributed by atoms with van der Waals surface area (Å²) in [5.74, 6) is -1.59. The van der Waals surface area contributed by atoms with Gasteiger partial charge in [-0.2, -0.15) is 0 Å². The molecule has 0 aliphatic rings. The van der Waals surface area contributed by atoms with Crippen molar-refractivity contribution in [3.63, 3.8) is 0 Å². The maximum atomic E-state index is 11.4. The third-order valence-corrected chi connectivity index (χ3v) is 2.15. The number of ether oxygens (including phenoxy) is 1. The highest BCUT2D eigenvalue weighted by atomic mass is 16.6. The summed E-state index contributed by atoms with van der Waals surface area (Å²) in [6.45, 7) is 6.75. The molecule has 1 aromatic rings. The summed E-state index contributed by atoms with van der Waals surface area (Å²) in [5.41, 5.74) is -0.149. The summed E-state index contributed by atoms with van der Waals surface area (Å²) in [5, 5.41) is 11.2. The number of carbonyl (C=O) groups excluding carboxylic acids is 1. The molecule has 7 nitrogen and oxygen atoms in total. The van der Waals surface area contributed by atoms with Crippen LogP contribution in [0, 0.1) is 0 Å². The molecule has 1 aromatic heterocycles. The molecule has 0 spiro atoms. The van der Waals surface area contributed by atoms with E-state index in [1.54, 1.807) is 20.8 Å². The van der Waals surface area contributed by atoms with Gasteiger partial charge >= 0.3 is 12.1 Å². The first kappa shape index (κ1) is 14.9. The van der Waals surface area contributed by atoms with Crippen molar-refractivity contribution in [3.05, 3.63) is 18.0 Å². The molecule has 1 unspecified atom stereocenters. The minimum Gasteiger partial charge on any atom is -0.481 e. The van der Waals surface area contributed by atoms with Gasteiger partial charge in [0.25, 0.3) is 0 Å². The van der Waals surface area contributed by atoms with E-state index in [-0.39, 0.29) is 5.95 Å². The number of carboxylic acid groups (broad SMARTS) is 1. The lowest BCUT2D eigenvalue weighted by Crippen LogP contribution is -2.27. The number of hydrogen-bond donors (Lipinski definition) is 2. The van der Waals surface area contributed by atoms with Gasteiger partial charge in [0.1, 0.15) is 5.60 Å². The van der Waals surface area contributed by atoms with E-state index in [9.17, 15) is 9.59 Å². The van der Waals surface area contributed by atoms with Gasteiger partial charge in [-0.25, -0.2) is 14.8 Å². The van der Waals surface area contributed by atoms with Crippen molar-refractivity contribution in [2.45, 2.75) is 39.2 Å². The normalized spacial score (nSPS) is 12.6. The van der Waals surface area contributed by atoms with E-state index in [1.165, 1.54) is 19.3 Å². The first-order valence-electron chi connectivity index (χ1n) is 5.74. The van der Waals surface area contributed by atoms with Crippen molar-refractivity contribution >= 4 is 18.0 Å². The highest BCUT2D eigenvalue weighted by molar-refractivity contribution is 5.82. The standard InChI is InChI=1S/C12H17N3O4/c1-7(9(16)17)8-5-13-10(14-6-8)15-11(18)19-12(2,3)4/h5-7H,1-4H3,(H,16,17)(H,13,14,15,18). The number of anilines is 1. The van der Waals surface area contributed by atoms with Gasteiger partial charge in [0, 0.05) is 18.0 Å². The van der Waals surface area contributed by atoms with Crippen LogP contribution in [0.3, 0.4) is 0 Å². The first-order valence-corrected chi connectivity index (χ1v) is 5.74. The second-order valence-electron chi connectivity index (χ2n) is 5.03. The van der Waals surface area contributed by atoms with Gasteiger partial charge in [-0.1, -0.05) is 0 Å². The van der Waals surface area contributed by atoms with Crippen molar-refractivity contribution in [2.24, 2.45) is 0 Å². The molecule has 0 saturated heterocycles. The van der Waals surface area contributed by atoms with E-state index in [4.69, 9.17) is 9.84 Å². The van der Waals surface area contributed by atoms with Gasteiger partial charge in [0.05, 0.1) is 5.92 Å². The monoisotopic (exact) mass is 267 g/mol. The van der Waals surface area contributed by atoms with Crippen LogP contribution in [0.1, 0.15) is 39.2 Å². The van der Waals surface area contributed by atoms with Crippen LogP contribution in [-0.2, 0) is 9.53 Å². The lowest BCUT2D eigenvalue weighted by atomic mass is 10.1. The number of carboxylic acids is 1. The number of carbonyl (C=O) groups is 2. The molecule has 19 heavy (non-hydrogen) atoms. The Morgan fingerprint density at radius 2 is 1.84 bits per heavy atom. The van der Waals surface area contributed by atoms with E-state index in [0.29, 0.717) is 5.56 Å². The quantitative estimate of drug-likeness (QED) is 0.868. The molecule has 0 fully saturated rings. The maximum absolute atomic E-state index is 11.4. The number of aromatic nitrogens is 2. The lowest BCUT2D eigenvalue weighted by molar-refractivity contribution is -0.138. The molecule has 7 heteroatoms. The molecule has 0 aliphatic heterocycles. The lowest BCUT2D eigenvalue weighted by Gasteiger charge is -2.19. The van der Waals surface area contributed by atoms with Crippen molar-refractivity contribution in [1.29, 1.82) is 0 Å². The second-order valence-corrected chi connectivity index (χ2v) is 5.03. The van der Waals surface area contributed by atoms with E-state index < -0.39 is 23.6 Å². The van der Waals surface area contributed by atoms with Crippen LogP contribution in [0.4, 0.5) is 10.7 Å². The topological polar surface area (TPSA) is 101 Å². The van der Waals surface area contributed by atoms with Crippen LogP contribution < -0.4 is 5.32 Å². The molecular weight excluding hydrogens is 250 g/mol. The van der Waals surface area contributed by atoms with Gasteiger partial charge in [-0.3, -0.25) is 10.1 Å². The van der Waals surface area contributed by atoms with Crippen molar-refractivity contribution in [3.8, 4) is 0 Å². The Morgan fingerprint density at radius 3 is 2.26 bits per heavy atom. The molecule has 1 amide bonds. The van der Waals surface area contributed by atoms with Gasteiger partial charge in [0.15, 0.2) is 0 Å². The van der Waals surface area contributed by atoms with Crippen molar-refractivity contribution in [1.82, 2.24) is 9.97 Å². The van der Waals surface area contributed by atoms with Crippen LogP contribution in [0.15, 0.2) is 12.4 Å². The van der Waals surface area contributed by atoms with E-state index in [2.05, 4.69) is 15.3 Å². The molecular formula is C12H17N3O4. The zero-order valence-corrected chi connectivity index (χ0v) is 11.3. The third-order valence-electron chi connectivity index (χ3n) is 2.15. The highest BCUT2D eigenvalue weighted by Crippen LogP contribution is 2.14. The zero-order chi connectivity index (χ0) is 14.6. The minimum absolute atomic E-state index is 0.0654. The molecule has 104 valence electrons. The fourth-order valence-electron chi connectivity index (χ4n) is 1.16. The summed E-state index contributed by atoms with van der Waals surface area (Å²) >= 11 is 0. The molecule has 1 heterocycles. The molecule has 0 bridgehead atoms. The predicted molar refractivity (Wildman–Crippen MR) is 67.9 cm³/mol. The number of rotatable bonds is 3. The Morgan fingerprint density at radius 1 is 1.32 bits per heavy atom. The van der Waals surface area contributed by atoms with Crippen LogP contribution >= 0.6 is 0 Å². The fraction of sp³-hybridized carbons (Fsp3) is 0.500. The Labute approximate surface area is 111 Å². The number of amides is 1. The Bertz CT molecular complexity index is 465. The van der Waals surface area contributed by atoms with Crippen LogP contribution in [0.5, 0.6) is 0 Å². The smallest absolute Gasteiger partial charge is 0.414 e. The van der Waals surface area contributed by atoms with E-state index in [0.717, 1.165) is 0 Å². The zero-order valence-electron chi connectivity index (χ0n) is 11.3. The largest absolute Gasteiger partial charge is 0.481 e. The first-order chi connectivity index (χ1) is 8.69.